The highest BCUT2D eigenvalue weighted by Crippen LogP contribution is 2.36. The summed E-state index contributed by atoms with van der Waals surface area (Å²) in [5, 5.41) is 4.53. The van der Waals surface area contributed by atoms with Gasteiger partial charge in [-0.2, -0.15) is 4.98 Å². The van der Waals surface area contributed by atoms with Crippen LogP contribution in [0.5, 0.6) is 0 Å². The maximum absolute atomic E-state index is 12.9. The van der Waals surface area contributed by atoms with Crippen molar-refractivity contribution in [2.45, 2.75) is 32.4 Å². The molecule has 1 unspecified atom stereocenters. The third kappa shape index (κ3) is 3.64. The van der Waals surface area contributed by atoms with E-state index in [1.807, 2.05) is 30.3 Å². The molecular weight excluding hydrogens is 432 g/mol. The Morgan fingerprint density at radius 3 is 2.81 bits per heavy atom. The Labute approximate surface area is 186 Å². The summed E-state index contributed by atoms with van der Waals surface area (Å²) in [5.41, 5.74) is 0.889. The van der Waals surface area contributed by atoms with E-state index in [0.717, 1.165) is 18.4 Å². The number of rotatable bonds is 4. The number of amides is 1. The zero-order valence-electron chi connectivity index (χ0n) is 17.5. The second-order valence-corrected chi connectivity index (χ2v) is 8.54. The maximum atomic E-state index is 12.9. The highest BCUT2D eigenvalue weighted by molar-refractivity contribution is 7.18. The van der Waals surface area contributed by atoms with Gasteiger partial charge in [-0.15, -0.1) is 0 Å². The summed E-state index contributed by atoms with van der Waals surface area (Å²) in [5.74, 6) is 0.931. The van der Waals surface area contributed by atoms with Gasteiger partial charge in [-0.05, 0) is 18.4 Å². The number of likely N-dealkylation sites (tertiary alicyclic amines) is 1. The van der Waals surface area contributed by atoms with Gasteiger partial charge in [0.25, 0.3) is 5.56 Å². The molecule has 1 amide bonds. The van der Waals surface area contributed by atoms with E-state index in [0.29, 0.717) is 28.1 Å². The zero-order chi connectivity index (χ0) is 22.2. The lowest BCUT2D eigenvalue weighted by molar-refractivity contribution is 0.0920. The summed E-state index contributed by atoms with van der Waals surface area (Å²) in [4.78, 5) is 41.1. The van der Waals surface area contributed by atoms with Gasteiger partial charge in [0, 0.05) is 20.5 Å². The van der Waals surface area contributed by atoms with E-state index in [9.17, 15) is 9.59 Å². The number of carbonyl (C=O) groups excluding carboxylic acids is 1. The van der Waals surface area contributed by atoms with Crippen LogP contribution >= 0.6 is 11.3 Å². The lowest BCUT2D eigenvalue weighted by Gasteiger charge is -2.22. The van der Waals surface area contributed by atoms with E-state index in [4.69, 9.17) is 9.26 Å². The summed E-state index contributed by atoms with van der Waals surface area (Å²) < 4.78 is 11.9. The van der Waals surface area contributed by atoms with Gasteiger partial charge in [0.05, 0.1) is 6.04 Å². The zero-order valence-corrected chi connectivity index (χ0v) is 18.3. The first-order chi connectivity index (χ1) is 15.5. The lowest BCUT2D eigenvalue weighted by Crippen LogP contribution is -2.31. The van der Waals surface area contributed by atoms with Gasteiger partial charge in [0.15, 0.2) is 16.2 Å². The van der Waals surface area contributed by atoms with E-state index >= 15 is 0 Å². The minimum absolute atomic E-state index is 0.207. The molecule has 0 N–H and O–H groups in total. The van der Waals surface area contributed by atoms with Crippen LogP contribution in [0.25, 0.3) is 22.0 Å². The summed E-state index contributed by atoms with van der Waals surface area (Å²) in [7, 11) is 1.59. The summed E-state index contributed by atoms with van der Waals surface area (Å²) in [6, 6.07) is 9.29. The predicted molar refractivity (Wildman–Crippen MR) is 116 cm³/mol. The minimum atomic E-state index is -0.389. The number of carbonyl (C=O) groups is 1. The van der Waals surface area contributed by atoms with Crippen LogP contribution in [0.1, 0.15) is 35.3 Å². The van der Waals surface area contributed by atoms with Gasteiger partial charge in [-0.1, -0.05) is 46.8 Å². The highest BCUT2D eigenvalue weighted by atomic mass is 32.1. The number of benzene rings is 1. The number of fused-ring (bicyclic) bond motifs is 1. The molecule has 32 heavy (non-hydrogen) atoms. The minimum Gasteiger partial charge on any atom is -0.445 e. The van der Waals surface area contributed by atoms with Gasteiger partial charge in [0.2, 0.25) is 11.7 Å². The van der Waals surface area contributed by atoms with Crippen molar-refractivity contribution in [3.05, 3.63) is 57.1 Å². The van der Waals surface area contributed by atoms with Crippen molar-refractivity contribution in [2.24, 2.45) is 7.05 Å². The van der Waals surface area contributed by atoms with Crippen molar-refractivity contribution in [3.8, 4) is 11.6 Å². The molecule has 10 nitrogen and oxygen atoms in total. The maximum Gasteiger partial charge on any atom is 0.410 e. The molecule has 1 atom stereocenters. The number of hydrogen-bond acceptors (Lipinski definition) is 9. The SMILES string of the molecule is Cc1nc(-c2nc3sc(C4CCCN4C(=O)OCc4ccccc4)nc3c(=O)n2C)no1. The Bertz CT molecular complexity index is 1350. The second kappa shape index (κ2) is 8.15. The third-order valence-corrected chi connectivity index (χ3v) is 6.41. The van der Waals surface area contributed by atoms with E-state index in [2.05, 4.69) is 20.1 Å². The molecule has 0 saturated carbocycles. The molecule has 4 aromatic rings. The van der Waals surface area contributed by atoms with Gasteiger partial charge < -0.3 is 9.26 Å². The van der Waals surface area contributed by atoms with E-state index in [1.54, 1.807) is 18.9 Å². The second-order valence-electron chi connectivity index (χ2n) is 7.53. The molecule has 5 rings (SSSR count). The first kappa shape index (κ1) is 20.3. The number of thiazole rings is 1. The Hall–Kier alpha value is -3.60. The van der Waals surface area contributed by atoms with Gasteiger partial charge in [-0.3, -0.25) is 14.3 Å². The molecular formula is C21H20N6O4S. The van der Waals surface area contributed by atoms with Crippen molar-refractivity contribution < 1.29 is 14.1 Å². The molecule has 1 saturated heterocycles. The number of hydrogen-bond donors (Lipinski definition) is 0. The number of aryl methyl sites for hydroxylation is 1. The van der Waals surface area contributed by atoms with Crippen molar-refractivity contribution >= 4 is 27.8 Å². The smallest absolute Gasteiger partial charge is 0.410 e. The van der Waals surface area contributed by atoms with Crippen molar-refractivity contribution in [3.63, 3.8) is 0 Å². The molecule has 0 spiro atoms. The highest BCUT2D eigenvalue weighted by Gasteiger charge is 2.34. The number of aromatic nitrogens is 5. The van der Waals surface area contributed by atoms with Crippen LogP contribution < -0.4 is 5.56 Å². The largest absolute Gasteiger partial charge is 0.445 e. The van der Waals surface area contributed by atoms with Crippen molar-refractivity contribution in [1.29, 1.82) is 0 Å². The van der Waals surface area contributed by atoms with Gasteiger partial charge in [0.1, 0.15) is 11.6 Å². The average molecular weight is 452 g/mol. The molecule has 164 valence electrons. The number of ether oxygens (including phenoxy) is 1. The standard InChI is InChI=1S/C21H20N6O4S/c1-12-22-16(25-31-12)17-24-19-15(20(28)26(17)2)23-18(32-19)14-9-6-10-27(14)21(29)30-11-13-7-4-3-5-8-13/h3-5,7-8,14H,6,9-11H2,1-2H3. The fraction of sp³-hybridized carbons (Fsp3) is 0.333. The van der Waals surface area contributed by atoms with Crippen LogP contribution in [0.4, 0.5) is 4.79 Å². The molecule has 0 aliphatic carbocycles. The molecule has 1 fully saturated rings. The van der Waals surface area contributed by atoms with Gasteiger partial charge >= 0.3 is 6.09 Å². The van der Waals surface area contributed by atoms with Crippen LogP contribution in [0.2, 0.25) is 0 Å². The molecule has 1 aliphatic rings. The van der Waals surface area contributed by atoms with E-state index in [-0.39, 0.29) is 35.6 Å². The van der Waals surface area contributed by atoms with Crippen LogP contribution in [0.15, 0.2) is 39.6 Å². The molecule has 11 heteroatoms. The molecule has 1 aliphatic heterocycles. The first-order valence-corrected chi connectivity index (χ1v) is 11.0. The Balaban J connectivity index is 1.42. The van der Waals surface area contributed by atoms with Crippen LogP contribution in [0, 0.1) is 6.92 Å². The van der Waals surface area contributed by atoms with Crippen LogP contribution in [-0.2, 0) is 18.4 Å². The quantitative estimate of drug-likeness (QED) is 0.463. The summed E-state index contributed by atoms with van der Waals surface area (Å²) >= 11 is 1.30. The lowest BCUT2D eigenvalue weighted by atomic mass is 10.2. The molecule has 0 bridgehead atoms. The molecule has 0 radical (unpaired) electrons. The molecule has 3 aromatic heterocycles. The van der Waals surface area contributed by atoms with Crippen LogP contribution in [-0.4, -0.2) is 42.2 Å². The van der Waals surface area contributed by atoms with Crippen molar-refractivity contribution in [2.75, 3.05) is 6.54 Å². The Kier molecular flexibility index (Phi) is 5.17. The fourth-order valence-electron chi connectivity index (χ4n) is 3.75. The predicted octanol–water partition coefficient (Wildman–Crippen LogP) is 3.22. The molecule has 4 heterocycles. The third-order valence-electron chi connectivity index (χ3n) is 5.36. The Morgan fingerprint density at radius 1 is 1.25 bits per heavy atom. The monoisotopic (exact) mass is 452 g/mol. The van der Waals surface area contributed by atoms with Crippen molar-refractivity contribution in [1.82, 2.24) is 29.6 Å². The number of nitrogens with zero attached hydrogens (tertiary/aromatic N) is 6. The fourth-order valence-corrected chi connectivity index (χ4v) is 4.82. The molecule has 1 aromatic carbocycles. The summed E-state index contributed by atoms with van der Waals surface area (Å²) in [6.07, 6.45) is 1.19. The van der Waals surface area contributed by atoms with Crippen LogP contribution in [0.3, 0.4) is 0 Å². The summed E-state index contributed by atoms with van der Waals surface area (Å²) in [6.45, 7) is 2.45. The van der Waals surface area contributed by atoms with E-state index in [1.165, 1.54) is 15.9 Å². The first-order valence-electron chi connectivity index (χ1n) is 10.2. The topological polar surface area (TPSA) is 116 Å². The van der Waals surface area contributed by atoms with E-state index < -0.39 is 0 Å². The average Bonchev–Trinajstić information content (AvgIpc) is 3.54. The van der Waals surface area contributed by atoms with Gasteiger partial charge in [-0.25, -0.2) is 14.8 Å². The Morgan fingerprint density at radius 2 is 2.06 bits per heavy atom. The normalized spacial score (nSPS) is 16.1.